The van der Waals surface area contributed by atoms with Crippen LogP contribution in [0.5, 0.6) is 0 Å². The van der Waals surface area contributed by atoms with Crippen molar-refractivity contribution < 1.29 is 23.9 Å². The van der Waals surface area contributed by atoms with Crippen molar-refractivity contribution in [3.05, 3.63) is 95.6 Å². The first-order valence-corrected chi connectivity index (χ1v) is 18.0. The Morgan fingerprint density at radius 2 is 1.47 bits per heavy atom. The molecule has 3 aromatic carbocycles. The standard InChI is InChI=1S/C41H55N3O5/c1-4-29-48-40(46)30-33-18-20-34(21-19-33)32-42(2)24-12-6-9-17-39(45)43(3)27-28-44-25-22-37(23-26-44)49-41(47)31-36-15-10-11-16-38(36)35-13-7-5-8-14-35/h5,7-8,10-11,13-16,18-21,37H,4,6,9,12,17,22-32H2,1-3H3. The van der Waals surface area contributed by atoms with E-state index in [1.54, 1.807) is 0 Å². The van der Waals surface area contributed by atoms with Crippen molar-refractivity contribution in [2.24, 2.45) is 0 Å². The Labute approximate surface area is 293 Å². The predicted molar refractivity (Wildman–Crippen MR) is 195 cm³/mol. The highest BCUT2D eigenvalue weighted by Gasteiger charge is 2.23. The lowest BCUT2D eigenvalue weighted by Crippen LogP contribution is -2.42. The third-order valence-electron chi connectivity index (χ3n) is 9.17. The van der Waals surface area contributed by atoms with Gasteiger partial charge in [0.25, 0.3) is 0 Å². The van der Waals surface area contributed by atoms with Crippen LogP contribution in [0.15, 0.2) is 78.9 Å². The van der Waals surface area contributed by atoms with Crippen LogP contribution >= 0.6 is 0 Å². The Bertz CT molecular complexity index is 1440. The zero-order valence-electron chi connectivity index (χ0n) is 29.8. The minimum Gasteiger partial charge on any atom is -0.465 e. The van der Waals surface area contributed by atoms with Gasteiger partial charge in [-0.1, -0.05) is 92.2 Å². The van der Waals surface area contributed by atoms with E-state index in [2.05, 4.69) is 47.2 Å². The summed E-state index contributed by atoms with van der Waals surface area (Å²) in [7, 11) is 4.02. The lowest BCUT2D eigenvalue weighted by molar-refractivity contribution is -0.150. The normalized spacial score (nSPS) is 13.7. The number of rotatable bonds is 19. The van der Waals surface area contributed by atoms with E-state index in [-0.39, 0.29) is 30.4 Å². The smallest absolute Gasteiger partial charge is 0.310 e. The van der Waals surface area contributed by atoms with Crippen LogP contribution in [0.4, 0.5) is 0 Å². The molecule has 3 aromatic rings. The van der Waals surface area contributed by atoms with Gasteiger partial charge in [-0.15, -0.1) is 0 Å². The highest BCUT2D eigenvalue weighted by atomic mass is 16.5. The van der Waals surface area contributed by atoms with Crippen LogP contribution in [-0.4, -0.2) is 92.1 Å². The molecule has 1 amide bonds. The van der Waals surface area contributed by atoms with Gasteiger partial charge in [0.15, 0.2) is 0 Å². The number of unbranched alkanes of at least 4 members (excludes halogenated alkanes) is 2. The molecule has 0 unspecified atom stereocenters. The molecule has 1 aliphatic heterocycles. The van der Waals surface area contributed by atoms with Crippen LogP contribution in [0, 0.1) is 0 Å². The number of carbonyl (C=O) groups excluding carboxylic acids is 3. The minimum absolute atomic E-state index is 0.0563. The number of hydrogen-bond acceptors (Lipinski definition) is 7. The summed E-state index contributed by atoms with van der Waals surface area (Å²) < 4.78 is 11.1. The third-order valence-corrected chi connectivity index (χ3v) is 9.17. The van der Waals surface area contributed by atoms with Crippen molar-refractivity contribution in [1.29, 1.82) is 0 Å². The zero-order chi connectivity index (χ0) is 34.8. The van der Waals surface area contributed by atoms with Crippen molar-refractivity contribution in [1.82, 2.24) is 14.7 Å². The largest absolute Gasteiger partial charge is 0.465 e. The van der Waals surface area contributed by atoms with Gasteiger partial charge in [0.2, 0.25) is 5.91 Å². The van der Waals surface area contributed by atoms with E-state index in [1.165, 1.54) is 5.56 Å². The van der Waals surface area contributed by atoms with E-state index in [1.807, 2.05) is 67.4 Å². The number of carbonyl (C=O) groups is 3. The summed E-state index contributed by atoms with van der Waals surface area (Å²) in [5, 5.41) is 0. The second kappa shape index (κ2) is 20.5. The maximum atomic E-state index is 12.8. The maximum Gasteiger partial charge on any atom is 0.310 e. The molecule has 1 saturated heterocycles. The first kappa shape index (κ1) is 37.8. The molecule has 1 fully saturated rings. The molecule has 8 heteroatoms. The summed E-state index contributed by atoms with van der Waals surface area (Å²) in [4.78, 5) is 43.9. The summed E-state index contributed by atoms with van der Waals surface area (Å²) in [6.07, 6.45) is 6.54. The fraction of sp³-hybridized carbons (Fsp3) is 0.488. The third kappa shape index (κ3) is 13.4. The van der Waals surface area contributed by atoms with Crippen LogP contribution in [0.3, 0.4) is 0 Å². The number of esters is 2. The summed E-state index contributed by atoms with van der Waals surface area (Å²) in [5.41, 5.74) is 5.35. The van der Waals surface area contributed by atoms with Crippen molar-refractivity contribution in [3.63, 3.8) is 0 Å². The Kier molecular flexibility index (Phi) is 15.8. The first-order valence-electron chi connectivity index (χ1n) is 18.0. The maximum absolute atomic E-state index is 12.8. The lowest BCUT2D eigenvalue weighted by Gasteiger charge is -2.32. The van der Waals surface area contributed by atoms with E-state index in [0.717, 1.165) is 93.5 Å². The van der Waals surface area contributed by atoms with Crippen LogP contribution in [0.1, 0.15) is 68.6 Å². The predicted octanol–water partition coefficient (Wildman–Crippen LogP) is 6.55. The van der Waals surface area contributed by atoms with Gasteiger partial charge in [0.1, 0.15) is 6.10 Å². The van der Waals surface area contributed by atoms with Gasteiger partial charge in [-0.2, -0.15) is 0 Å². The first-order chi connectivity index (χ1) is 23.8. The number of hydrogen-bond donors (Lipinski definition) is 0. The number of amides is 1. The SMILES string of the molecule is CCCOC(=O)Cc1ccc(CN(C)CCCCCC(=O)N(C)CCN2CCC(OC(=O)Cc3ccccc3-c3ccccc3)CC2)cc1. The molecule has 0 radical (unpaired) electrons. The quantitative estimate of drug-likeness (QED) is 0.106. The van der Waals surface area contributed by atoms with E-state index in [9.17, 15) is 14.4 Å². The van der Waals surface area contributed by atoms with Crippen molar-refractivity contribution in [2.75, 3.05) is 53.4 Å². The highest BCUT2D eigenvalue weighted by Crippen LogP contribution is 2.24. The number of piperidine rings is 1. The van der Waals surface area contributed by atoms with Gasteiger partial charge in [0.05, 0.1) is 19.4 Å². The summed E-state index contributed by atoms with van der Waals surface area (Å²) >= 11 is 0. The van der Waals surface area contributed by atoms with Crippen molar-refractivity contribution in [3.8, 4) is 11.1 Å². The highest BCUT2D eigenvalue weighted by molar-refractivity contribution is 5.78. The van der Waals surface area contributed by atoms with E-state index in [0.29, 0.717) is 26.0 Å². The molecule has 264 valence electrons. The molecule has 0 N–H and O–H groups in total. The van der Waals surface area contributed by atoms with Gasteiger partial charge in [-0.25, -0.2) is 0 Å². The molecule has 0 aromatic heterocycles. The lowest BCUT2D eigenvalue weighted by atomic mass is 9.98. The van der Waals surface area contributed by atoms with E-state index in [4.69, 9.17) is 9.47 Å². The minimum atomic E-state index is -0.175. The average molecular weight is 670 g/mol. The zero-order valence-corrected chi connectivity index (χ0v) is 29.8. The van der Waals surface area contributed by atoms with E-state index < -0.39 is 0 Å². The molecular formula is C41H55N3O5. The number of likely N-dealkylation sites (tertiary alicyclic amines) is 1. The van der Waals surface area contributed by atoms with Gasteiger partial charge in [-0.05, 0) is 73.5 Å². The summed E-state index contributed by atoms with van der Waals surface area (Å²) in [5.74, 6) is -0.148. The van der Waals surface area contributed by atoms with Gasteiger partial charge in [0, 0.05) is 46.2 Å². The van der Waals surface area contributed by atoms with Crippen LogP contribution in [0.25, 0.3) is 11.1 Å². The second-order valence-electron chi connectivity index (χ2n) is 13.3. The molecule has 4 rings (SSSR count). The van der Waals surface area contributed by atoms with Crippen molar-refractivity contribution in [2.45, 2.75) is 77.4 Å². The molecule has 8 nitrogen and oxygen atoms in total. The molecule has 0 saturated carbocycles. The Hall–Kier alpha value is -4.01. The number of benzene rings is 3. The van der Waals surface area contributed by atoms with Crippen LogP contribution < -0.4 is 0 Å². The molecule has 0 aliphatic carbocycles. The summed E-state index contributed by atoms with van der Waals surface area (Å²) in [6, 6.07) is 26.3. The Morgan fingerprint density at radius 1 is 0.776 bits per heavy atom. The second-order valence-corrected chi connectivity index (χ2v) is 13.3. The molecule has 1 heterocycles. The Morgan fingerprint density at radius 3 is 2.20 bits per heavy atom. The number of nitrogens with zero attached hydrogens (tertiary/aromatic N) is 3. The number of likely N-dealkylation sites (N-methyl/N-ethyl adjacent to an activating group) is 1. The fourth-order valence-electron chi connectivity index (χ4n) is 6.24. The van der Waals surface area contributed by atoms with Crippen LogP contribution in [0.2, 0.25) is 0 Å². The van der Waals surface area contributed by atoms with Gasteiger partial charge < -0.3 is 24.2 Å². The fourth-order valence-corrected chi connectivity index (χ4v) is 6.24. The van der Waals surface area contributed by atoms with Gasteiger partial charge in [-0.3, -0.25) is 14.4 Å². The molecule has 0 bridgehead atoms. The van der Waals surface area contributed by atoms with E-state index >= 15 is 0 Å². The molecule has 0 atom stereocenters. The number of ether oxygens (including phenoxy) is 2. The molecule has 1 aliphatic rings. The molecule has 49 heavy (non-hydrogen) atoms. The molecule has 0 spiro atoms. The average Bonchev–Trinajstić information content (AvgIpc) is 3.11. The van der Waals surface area contributed by atoms with Gasteiger partial charge >= 0.3 is 11.9 Å². The van der Waals surface area contributed by atoms with Crippen molar-refractivity contribution >= 4 is 17.8 Å². The summed E-state index contributed by atoms with van der Waals surface area (Å²) in [6.45, 7) is 7.57. The topological polar surface area (TPSA) is 79.4 Å². The van der Waals surface area contributed by atoms with Crippen LogP contribution in [-0.2, 0) is 43.2 Å². The molecular weight excluding hydrogens is 614 g/mol. The monoisotopic (exact) mass is 669 g/mol. The Balaban J connectivity index is 1.04.